The number of ether oxygens (including phenoxy) is 1. The van der Waals surface area contributed by atoms with Crippen molar-refractivity contribution in [2.75, 3.05) is 39.3 Å². The molecule has 0 aliphatic carbocycles. The fraction of sp³-hybridized carbons (Fsp3) is 0.938. The average molecular weight is 297 g/mol. The first-order valence-corrected chi connectivity index (χ1v) is 8.54. The first kappa shape index (κ1) is 16.7. The zero-order valence-electron chi connectivity index (χ0n) is 13.6. The molecule has 5 heteroatoms. The molecule has 0 aromatic rings. The Morgan fingerprint density at radius 3 is 2.38 bits per heavy atom. The van der Waals surface area contributed by atoms with Gasteiger partial charge in [-0.15, -0.1) is 0 Å². The van der Waals surface area contributed by atoms with Crippen molar-refractivity contribution in [3.63, 3.8) is 0 Å². The van der Waals surface area contributed by atoms with Crippen LogP contribution in [-0.4, -0.2) is 67.2 Å². The summed E-state index contributed by atoms with van der Waals surface area (Å²) in [5.74, 6) is 0.919. The summed E-state index contributed by atoms with van der Waals surface area (Å²) in [4.78, 5) is 16.9. The zero-order valence-corrected chi connectivity index (χ0v) is 13.6. The third-order valence-corrected chi connectivity index (χ3v) is 4.98. The van der Waals surface area contributed by atoms with Crippen molar-refractivity contribution >= 4 is 5.91 Å². The predicted molar refractivity (Wildman–Crippen MR) is 84.0 cm³/mol. The lowest BCUT2D eigenvalue weighted by molar-refractivity contribution is -0.144. The highest BCUT2D eigenvalue weighted by Crippen LogP contribution is 2.24. The third-order valence-electron chi connectivity index (χ3n) is 4.98. The third kappa shape index (κ3) is 4.41. The number of rotatable bonds is 6. The van der Waals surface area contributed by atoms with Gasteiger partial charge >= 0.3 is 0 Å². The Bertz CT molecular complexity index is 325. The molecule has 0 radical (unpaired) electrons. The van der Waals surface area contributed by atoms with Crippen molar-refractivity contribution in [2.24, 2.45) is 11.7 Å². The maximum atomic E-state index is 12.5. The summed E-state index contributed by atoms with van der Waals surface area (Å²) in [6, 6.07) is 0. The topological polar surface area (TPSA) is 58.8 Å². The first-order valence-electron chi connectivity index (χ1n) is 8.54. The highest BCUT2D eigenvalue weighted by molar-refractivity contribution is 5.81. The lowest BCUT2D eigenvalue weighted by Gasteiger charge is -2.35. The SMILES string of the molecule is CCN(CC)CC1CCN(C(=O)C2CCC(CN)O2)CC1. The number of carbonyl (C=O) groups is 1. The second-order valence-electron chi connectivity index (χ2n) is 6.31. The highest BCUT2D eigenvalue weighted by Gasteiger charge is 2.34. The van der Waals surface area contributed by atoms with Crippen LogP contribution in [0.5, 0.6) is 0 Å². The maximum Gasteiger partial charge on any atom is 0.251 e. The molecule has 2 N–H and O–H groups in total. The molecule has 2 heterocycles. The minimum atomic E-state index is -0.238. The summed E-state index contributed by atoms with van der Waals surface area (Å²) in [6.45, 7) is 10.1. The predicted octanol–water partition coefficient (Wildman–Crippen LogP) is 1.07. The molecule has 0 saturated carbocycles. The molecular weight excluding hydrogens is 266 g/mol. The van der Waals surface area contributed by atoms with Gasteiger partial charge in [0, 0.05) is 26.2 Å². The minimum absolute atomic E-state index is 0.0826. The second kappa shape index (κ2) is 8.11. The molecule has 0 aromatic carbocycles. The minimum Gasteiger partial charge on any atom is -0.364 e. The first-order chi connectivity index (χ1) is 10.2. The second-order valence-corrected chi connectivity index (χ2v) is 6.31. The highest BCUT2D eigenvalue weighted by atomic mass is 16.5. The molecule has 2 saturated heterocycles. The Morgan fingerprint density at radius 1 is 1.19 bits per heavy atom. The number of carbonyl (C=O) groups excluding carboxylic acids is 1. The van der Waals surface area contributed by atoms with Crippen LogP contribution in [0.1, 0.15) is 39.5 Å². The van der Waals surface area contributed by atoms with Gasteiger partial charge in [0.25, 0.3) is 5.91 Å². The molecule has 2 rings (SSSR count). The van der Waals surface area contributed by atoms with E-state index < -0.39 is 0 Å². The summed E-state index contributed by atoms with van der Waals surface area (Å²) in [6.07, 6.45) is 3.84. The Morgan fingerprint density at radius 2 is 1.86 bits per heavy atom. The fourth-order valence-corrected chi connectivity index (χ4v) is 3.45. The van der Waals surface area contributed by atoms with Gasteiger partial charge < -0.3 is 20.3 Å². The quantitative estimate of drug-likeness (QED) is 0.797. The summed E-state index contributed by atoms with van der Waals surface area (Å²) in [7, 11) is 0. The molecule has 0 bridgehead atoms. The summed E-state index contributed by atoms with van der Waals surface area (Å²) in [5.41, 5.74) is 5.61. The van der Waals surface area contributed by atoms with Gasteiger partial charge in [-0.3, -0.25) is 4.79 Å². The number of likely N-dealkylation sites (tertiary alicyclic amines) is 1. The number of piperidine rings is 1. The standard InChI is InChI=1S/C16H31N3O2/c1-3-18(4-2)12-13-7-9-19(10-8-13)16(20)15-6-5-14(11-17)21-15/h13-15H,3-12,17H2,1-2H3. The number of nitrogens with zero attached hydrogens (tertiary/aromatic N) is 2. The number of hydrogen-bond acceptors (Lipinski definition) is 4. The molecule has 2 aliphatic rings. The normalized spacial score (nSPS) is 27.5. The van der Waals surface area contributed by atoms with Gasteiger partial charge in [0.2, 0.25) is 0 Å². The largest absolute Gasteiger partial charge is 0.364 e. The van der Waals surface area contributed by atoms with Gasteiger partial charge in [-0.25, -0.2) is 0 Å². The van der Waals surface area contributed by atoms with Crippen molar-refractivity contribution in [3.05, 3.63) is 0 Å². The van der Waals surface area contributed by atoms with Crippen molar-refractivity contribution < 1.29 is 9.53 Å². The summed E-state index contributed by atoms with van der Waals surface area (Å²) >= 11 is 0. The van der Waals surface area contributed by atoms with E-state index >= 15 is 0 Å². The molecule has 0 spiro atoms. The smallest absolute Gasteiger partial charge is 0.251 e. The molecule has 21 heavy (non-hydrogen) atoms. The zero-order chi connectivity index (χ0) is 15.2. The Hall–Kier alpha value is -0.650. The monoisotopic (exact) mass is 297 g/mol. The van der Waals surface area contributed by atoms with Crippen LogP contribution < -0.4 is 5.73 Å². The van der Waals surface area contributed by atoms with E-state index in [0.717, 1.165) is 57.8 Å². The Labute approximate surface area is 128 Å². The van der Waals surface area contributed by atoms with Crippen LogP contribution in [0.25, 0.3) is 0 Å². The van der Waals surface area contributed by atoms with Crippen molar-refractivity contribution in [1.82, 2.24) is 9.80 Å². The van der Waals surface area contributed by atoms with E-state index in [4.69, 9.17) is 10.5 Å². The van der Waals surface area contributed by atoms with Gasteiger partial charge in [0.15, 0.2) is 0 Å². The molecule has 2 atom stereocenters. The van der Waals surface area contributed by atoms with Crippen molar-refractivity contribution in [1.29, 1.82) is 0 Å². The van der Waals surface area contributed by atoms with Crippen LogP contribution in [0.2, 0.25) is 0 Å². The number of nitrogens with two attached hydrogens (primary N) is 1. The molecule has 2 unspecified atom stereocenters. The van der Waals surface area contributed by atoms with Gasteiger partial charge in [0.05, 0.1) is 6.10 Å². The molecule has 0 aromatic heterocycles. The van der Waals surface area contributed by atoms with E-state index in [0.29, 0.717) is 6.54 Å². The van der Waals surface area contributed by atoms with Crippen molar-refractivity contribution in [2.45, 2.75) is 51.7 Å². The van der Waals surface area contributed by atoms with Crippen LogP contribution in [0, 0.1) is 5.92 Å². The van der Waals surface area contributed by atoms with Crippen LogP contribution in [0.15, 0.2) is 0 Å². The van der Waals surface area contributed by atoms with Crippen molar-refractivity contribution in [3.8, 4) is 0 Å². The number of hydrogen-bond donors (Lipinski definition) is 1. The lowest BCUT2D eigenvalue weighted by atomic mass is 9.95. The van der Waals surface area contributed by atoms with E-state index in [1.807, 2.05) is 4.90 Å². The van der Waals surface area contributed by atoms with E-state index in [1.54, 1.807) is 0 Å². The van der Waals surface area contributed by atoms with E-state index in [-0.39, 0.29) is 18.1 Å². The maximum absolute atomic E-state index is 12.5. The van der Waals surface area contributed by atoms with Crippen LogP contribution in [0.4, 0.5) is 0 Å². The molecule has 122 valence electrons. The Balaban J connectivity index is 1.74. The van der Waals surface area contributed by atoms with Gasteiger partial charge in [0.1, 0.15) is 6.10 Å². The van der Waals surface area contributed by atoms with Gasteiger partial charge in [-0.05, 0) is 44.7 Å². The van der Waals surface area contributed by atoms with Crippen LogP contribution >= 0.6 is 0 Å². The lowest BCUT2D eigenvalue weighted by Crippen LogP contribution is -2.45. The summed E-state index contributed by atoms with van der Waals surface area (Å²) < 4.78 is 5.73. The van der Waals surface area contributed by atoms with Crippen LogP contribution in [0.3, 0.4) is 0 Å². The average Bonchev–Trinajstić information content (AvgIpc) is 3.01. The van der Waals surface area contributed by atoms with E-state index in [1.165, 1.54) is 6.54 Å². The van der Waals surface area contributed by atoms with E-state index in [2.05, 4.69) is 18.7 Å². The Kier molecular flexibility index (Phi) is 6.45. The summed E-state index contributed by atoms with van der Waals surface area (Å²) in [5, 5.41) is 0. The fourth-order valence-electron chi connectivity index (χ4n) is 3.45. The van der Waals surface area contributed by atoms with E-state index in [9.17, 15) is 4.79 Å². The number of amides is 1. The van der Waals surface area contributed by atoms with Gasteiger partial charge in [-0.1, -0.05) is 13.8 Å². The van der Waals surface area contributed by atoms with Crippen LogP contribution in [-0.2, 0) is 9.53 Å². The molecular formula is C16H31N3O2. The van der Waals surface area contributed by atoms with Gasteiger partial charge in [-0.2, -0.15) is 0 Å². The molecule has 2 aliphatic heterocycles. The molecule has 5 nitrogen and oxygen atoms in total. The molecule has 1 amide bonds. The molecule has 2 fully saturated rings.